The largest absolute Gasteiger partial charge is 0.399 e. The van der Waals surface area contributed by atoms with Gasteiger partial charge in [0.1, 0.15) is 0 Å². The smallest absolute Gasteiger partial charge is 0.220 e. The minimum Gasteiger partial charge on any atom is -0.399 e. The molecule has 0 saturated heterocycles. The molecule has 0 heterocycles. The summed E-state index contributed by atoms with van der Waals surface area (Å²) in [5, 5.41) is 2.60. The van der Waals surface area contributed by atoms with Gasteiger partial charge in [0.2, 0.25) is 15.9 Å². The second-order valence-electron chi connectivity index (χ2n) is 5.14. The number of benzene rings is 1. The van der Waals surface area contributed by atoms with E-state index in [1.807, 2.05) is 18.2 Å². The number of amides is 1. The molecule has 126 valence electrons. The molecule has 4 N–H and O–H groups in total. The number of carbonyl (C=O) groups excluding carboxylic acids is 1. The maximum absolute atomic E-state index is 11.7. The Hall–Kier alpha value is -1.31. The van der Waals surface area contributed by atoms with Crippen LogP contribution in [-0.4, -0.2) is 32.7 Å². The standard InChI is InChI=1S/C14H23N3O3S.ClH/c1-11(2)17-21(19,20)10-9-16-14(18)8-7-12-5-3-4-6-13(12)15;/h3-6,11,17H,7-10,15H2,1-2H3,(H,16,18);1H. The summed E-state index contributed by atoms with van der Waals surface area (Å²) in [5.74, 6) is -0.303. The number of carbonyl (C=O) groups is 1. The molecule has 0 saturated carbocycles. The minimum absolute atomic E-state index is 0. The number of anilines is 1. The number of aryl methyl sites for hydroxylation is 1. The predicted molar refractivity (Wildman–Crippen MR) is 91.5 cm³/mol. The van der Waals surface area contributed by atoms with Crippen molar-refractivity contribution < 1.29 is 13.2 Å². The van der Waals surface area contributed by atoms with Gasteiger partial charge in [0.05, 0.1) is 5.75 Å². The van der Waals surface area contributed by atoms with Gasteiger partial charge in [-0.15, -0.1) is 12.4 Å². The number of halogens is 1. The number of nitrogen functional groups attached to an aromatic ring is 1. The first-order chi connectivity index (χ1) is 9.80. The van der Waals surface area contributed by atoms with Gasteiger partial charge in [0.25, 0.3) is 0 Å². The molecule has 0 radical (unpaired) electrons. The zero-order valence-electron chi connectivity index (χ0n) is 12.8. The van der Waals surface area contributed by atoms with Gasteiger partial charge in [-0.25, -0.2) is 13.1 Å². The van der Waals surface area contributed by atoms with Crippen LogP contribution < -0.4 is 15.8 Å². The van der Waals surface area contributed by atoms with Crippen LogP contribution in [-0.2, 0) is 21.2 Å². The first kappa shape index (κ1) is 20.7. The van der Waals surface area contributed by atoms with Crippen molar-refractivity contribution in [3.8, 4) is 0 Å². The van der Waals surface area contributed by atoms with Crippen LogP contribution in [0.4, 0.5) is 5.69 Å². The summed E-state index contributed by atoms with van der Waals surface area (Å²) >= 11 is 0. The van der Waals surface area contributed by atoms with Crippen LogP contribution in [0.5, 0.6) is 0 Å². The van der Waals surface area contributed by atoms with E-state index in [1.54, 1.807) is 19.9 Å². The van der Waals surface area contributed by atoms with Crippen LogP contribution >= 0.6 is 12.4 Å². The van der Waals surface area contributed by atoms with Crippen molar-refractivity contribution in [2.75, 3.05) is 18.0 Å². The molecule has 1 rings (SSSR count). The van der Waals surface area contributed by atoms with Crippen LogP contribution in [0, 0.1) is 0 Å². The van der Waals surface area contributed by atoms with E-state index < -0.39 is 10.0 Å². The minimum atomic E-state index is -3.34. The molecule has 1 aromatic carbocycles. The van der Waals surface area contributed by atoms with Crippen LogP contribution in [0.1, 0.15) is 25.8 Å². The summed E-state index contributed by atoms with van der Waals surface area (Å²) in [4.78, 5) is 11.7. The lowest BCUT2D eigenvalue weighted by atomic mass is 10.1. The number of nitrogens with one attached hydrogen (secondary N) is 2. The van der Waals surface area contributed by atoms with Crippen molar-refractivity contribution in [1.29, 1.82) is 0 Å². The van der Waals surface area contributed by atoms with Gasteiger partial charge in [0.15, 0.2) is 0 Å². The lowest BCUT2D eigenvalue weighted by Crippen LogP contribution is -2.37. The van der Waals surface area contributed by atoms with E-state index in [0.29, 0.717) is 12.1 Å². The van der Waals surface area contributed by atoms with E-state index in [0.717, 1.165) is 5.56 Å². The number of hydrogen-bond acceptors (Lipinski definition) is 4. The van der Waals surface area contributed by atoms with Crippen LogP contribution in [0.15, 0.2) is 24.3 Å². The highest BCUT2D eigenvalue weighted by molar-refractivity contribution is 7.89. The van der Waals surface area contributed by atoms with Gasteiger partial charge in [-0.05, 0) is 31.9 Å². The third-order valence-corrected chi connectivity index (χ3v) is 4.36. The van der Waals surface area contributed by atoms with Gasteiger partial charge in [0, 0.05) is 24.7 Å². The Bertz CT molecular complexity index is 576. The third kappa shape index (κ3) is 8.21. The summed E-state index contributed by atoms with van der Waals surface area (Å²) in [7, 11) is -3.34. The van der Waals surface area contributed by atoms with Crippen molar-refractivity contribution in [3.05, 3.63) is 29.8 Å². The first-order valence-electron chi connectivity index (χ1n) is 6.90. The molecule has 0 bridgehead atoms. The fourth-order valence-corrected chi connectivity index (χ4v) is 3.05. The van der Waals surface area contributed by atoms with Gasteiger partial charge < -0.3 is 11.1 Å². The fraction of sp³-hybridized carbons (Fsp3) is 0.500. The monoisotopic (exact) mass is 349 g/mol. The second-order valence-corrected chi connectivity index (χ2v) is 7.01. The number of nitrogens with two attached hydrogens (primary N) is 1. The molecular weight excluding hydrogens is 326 g/mol. The normalized spacial score (nSPS) is 11.0. The molecule has 1 amide bonds. The molecule has 0 aromatic heterocycles. The molecule has 0 aliphatic heterocycles. The van der Waals surface area contributed by atoms with Crippen molar-refractivity contribution in [1.82, 2.24) is 10.0 Å². The van der Waals surface area contributed by atoms with Crippen LogP contribution in [0.25, 0.3) is 0 Å². The summed E-state index contributed by atoms with van der Waals surface area (Å²) in [6.45, 7) is 3.60. The number of para-hydroxylation sites is 1. The summed E-state index contributed by atoms with van der Waals surface area (Å²) in [5.41, 5.74) is 7.37. The number of hydrogen-bond donors (Lipinski definition) is 3. The van der Waals surface area contributed by atoms with E-state index in [4.69, 9.17) is 5.73 Å². The van der Waals surface area contributed by atoms with E-state index in [1.165, 1.54) is 0 Å². The molecule has 8 heteroatoms. The van der Waals surface area contributed by atoms with E-state index in [-0.39, 0.29) is 43.1 Å². The van der Waals surface area contributed by atoms with Crippen molar-refractivity contribution in [2.45, 2.75) is 32.7 Å². The average Bonchev–Trinajstić information content (AvgIpc) is 2.36. The van der Waals surface area contributed by atoms with Crippen LogP contribution in [0.3, 0.4) is 0 Å². The molecule has 6 nitrogen and oxygen atoms in total. The second kappa shape index (κ2) is 9.66. The fourth-order valence-electron chi connectivity index (χ4n) is 1.84. The zero-order valence-corrected chi connectivity index (χ0v) is 14.5. The Morgan fingerprint density at radius 2 is 1.91 bits per heavy atom. The zero-order chi connectivity index (χ0) is 15.9. The molecule has 22 heavy (non-hydrogen) atoms. The SMILES string of the molecule is CC(C)NS(=O)(=O)CCNC(=O)CCc1ccccc1N.Cl. The molecule has 0 fully saturated rings. The van der Waals surface area contributed by atoms with E-state index in [2.05, 4.69) is 10.0 Å². The summed E-state index contributed by atoms with van der Waals surface area (Å²) in [6, 6.07) is 7.22. The maximum atomic E-state index is 11.7. The van der Waals surface area contributed by atoms with Crippen molar-refractivity contribution >= 4 is 34.0 Å². The molecule has 0 spiro atoms. The maximum Gasteiger partial charge on any atom is 0.220 e. The number of sulfonamides is 1. The highest BCUT2D eigenvalue weighted by atomic mass is 35.5. The van der Waals surface area contributed by atoms with Gasteiger partial charge in [-0.3, -0.25) is 4.79 Å². The molecule has 0 atom stereocenters. The average molecular weight is 350 g/mol. The van der Waals surface area contributed by atoms with Gasteiger partial charge in [-0.1, -0.05) is 18.2 Å². The number of rotatable bonds is 8. The molecular formula is C14H24ClN3O3S. The Morgan fingerprint density at radius 1 is 1.27 bits per heavy atom. The highest BCUT2D eigenvalue weighted by Crippen LogP contribution is 2.12. The highest BCUT2D eigenvalue weighted by Gasteiger charge is 2.12. The summed E-state index contributed by atoms with van der Waals surface area (Å²) in [6.07, 6.45) is 0.821. The van der Waals surface area contributed by atoms with E-state index in [9.17, 15) is 13.2 Å². The van der Waals surface area contributed by atoms with Gasteiger partial charge >= 0.3 is 0 Å². The lowest BCUT2D eigenvalue weighted by Gasteiger charge is -2.10. The van der Waals surface area contributed by atoms with E-state index >= 15 is 0 Å². The van der Waals surface area contributed by atoms with Crippen molar-refractivity contribution in [3.63, 3.8) is 0 Å². The quantitative estimate of drug-likeness (QED) is 0.611. The Labute approximate surface area is 138 Å². The Kier molecular flexibility index (Phi) is 9.08. The van der Waals surface area contributed by atoms with Crippen molar-refractivity contribution in [2.24, 2.45) is 0 Å². The lowest BCUT2D eigenvalue weighted by molar-refractivity contribution is -0.120. The molecule has 0 aliphatic carbocycles. The van der Waals surface area contributed by atoms with Gasteiger partial charge in [-0.2, -0.15) is 0 Å². The first-order valence-corrected chi connectivity index (χ1v) is 8.55. The third-order valence-electron chi connectivity index (χ3n) is 2.78. The Balaban J connectivity index is 0.00000441. The molecule has 0 unspecified atom stereocenters. The molecule has 0 aliphatic rings. The van der Waals surface area contributed by atoms with Crippen LogP contribution in [0.2, 0.25) is 0 Å². The molecule has 1 aromatic rings. The Morgan fingerprint density at radius 3 is 2.50 bits per heavy atom. The summed E-state index contributed by atoms with van der Waals surface area (Å²) < 4.78 is 25.6. The predicted octanol–water partition coefficient (Wildman–Crippen LogP) is 1.07. The topological polar surface area (TPSA) is 101 Å².